The second-order valence-electron chi connectivity index (χ2n) is 4.53. The van der Waals surface area contributed by atoms with E-state index in [1.807, 2.05) is 6.92 Å². The van der Waals surface area contributed by atoms with Crippen LogP contribution in [0, 0.1) is 12.7 Å². The molecule has 0 radical (unpaired) electrons. The number of aryl methyl sites for hydroxylation is 1. The Balaban J connectivity index is 2.19. The Morgan fingerprint density at radius 3 is 2.60 bits per heavy atom. The van der Waals surface area contributed by atoms with Gasteiger partial charge in [-0.25, -0.2) is 4.39 Å². The molecule has 20 heavy (non-hydrogen) atoms. The average Bonchev–Trinajstić information content (AvgIpc) is 2.42. The predicted octanol–water partition coefficient (Wildman–Crippen LogP) is 4.22. The summed E-state index contributed by atoms with van der Waals surface area (Å²) in [6.45, 7) is 1.87. The van der Waals surface area contributed by atoms with Gasteiger partial charge < -0.3 is 4.74 Å². The molecule has 0 atom stereocenters. The summed E-state index contributed by atoms with van der Waals surface area (Å²) in [6.07, 6.45) is 0.125. The van der Waals surface area contributed by atoms with Gasteiger partial charge in [-0.3, -0.25) is 4.79 Å². The molecule has 0 aliphatic rings. The van der Waals surface area contributed by atoms with Crippen molar-refractivity contribution in [3.05, 3.63) is 63.9 Å². The quantitative estimate of drug-likeness (QED) is 0.789. The van der Waals surface area contributed by atoms with E-state index in [9.17, 15) is 9.18 Å². The highest BCUT2D eigenvalue weighted by atomic mass is 35.5. The summed E-state index contributed by atoms with van der Waals surface area (Å²) in [4.78, 5) is 12.1. The first-order valence-corrected chi connectivity index (χ1v) is 6.51. The van der Waals surface area contributed by atoms with Crippen LogP contribution in [0.4, 0.5) is 4.39 Å². The summed E-state index contributed by atoms with van der Waals surface area (Å²) in [5.41, 5.74) is 2.04. The Morgan fingerprint density at radius 2 is 2.00 bits per heavy atom. The van der Waals surface area contributed by atoms with Gasteiger partial charge in [0.15, 0.2) is 17.3 Å². The molecule has 2 aromatic carbocycles. The number of methoxy groups -OCH3 is 1. The summed E-state index contributed by atoms with van der Waals surface area (Å²) in [6, 6.07) is 9.66. The molecule has 4 heteroatoms. The van der Waals surface area contributed by atoms with Crippen molar-refractivity contribution in [2.45, 2.75) is 13.3 Å². The summed E-state index contributed by atoms with van der Waals surface area (Å²) in [5.74, 6) is -0.407. The molecule has 0 spiro atoms. The van der Waals surface area contributed by atoms with Crippen LogP contribution in [0.3, 0.4) is 0 Å². The number of hydrogen-bond donors (Lipinski definition) is 0. The lowest BCUT2D eigenvalue weighted by Crippen LogP contribution is -2.04. The maximum atomic E-state index is 13.6. The second-order valence-corrected chi connectivity index (χ2v) is 4.94. The van der Waals surface area contributed by atoms with E-state index in [-0.39, 0.29) is 18.0 Å². The number of benzene rings is 2. The summed E-state index contributed by atoms with van der Waals surface area (Å²) >= 11 is 6.00. The highest BCUT2D eigenvalue weighted by Gasteiger charge is 2.11. The van der Waals surface area contributed by atoms with Crippen LogP contribution in [0.25, 0.3) is 0 Å². The smallest absolute Gasteiger partial charge is 0.167 e. The number of ketones is 1. The molecule has 0 saturated carbocycles. The molecule has 2 nitrogen and oxygen atoms in total. The number of ether oxygens (including phenoxy) is 1. The van der Waals surface area contributed by atoms with Gasteiger partial charge in [0, 0.05) is 17.0 Å². The highest BCUT2D eigenvalue weighted by Crippen LogP contribution is 2.21. The molecule has 0 bridgehead atoms. The largest absolute Gasteiger partial charge is 0.494 e. The minimum Gasteiger partial charge on any atom is -0.494 e. The fraction of sp³-hybridized carbons (Fsp3) is 0.188. The zero-order chi connectivity index (χ0) is 14.7. The number of carbonyl (C=O) groups is 1. The van der Waals surface area contributed by atoms with Crippen molar-refractivity contribution in [1.82, 2.24) is 0 Å². The molecular weight excluding hydrogens is 279 g/mol. The molecule has 0 aliphatic carbocycles. The van der Waals surface area contributed by atoms with Crippen molar-refractivity contribution in [2.24, 2.45) is 0 Å². The van der Waals surface area contributed by atoms with Crippen molar-refractivity contribution >= 4 is 17.4 Å². The lowest BCUT2D eigenvalue weighted by atomic mass is 10.0. The number of carbonyl (C=O) groups excluding carboxylic acids is 1. The molecule has 0 heterocycles. The first-order valence-electron chi connectivity index (χ1n) is 6.13. The van der Waals surface area contributed by atoms with Gasteiger partial charge in [-0.2, -0.15) is 0 Å². The summed E-state index contributed by atoms with van der Waals surface area (Å²) in [5, 5.41) is 0.553. The van der Waals surface area contributed by atoms with Gasteiger partial charge >= 0.3 is 0 Å². The van der Waals surface area contributed by atoms with E-state index in [0.29, 0.717) is 16.1 Å². The van der Waals surface area contributed by atoms with Gasteiger partial charge in [0.1, 0.15) is 0 Å². The molecule has 104 valence electrons. The van der Waals surface area contributed by atoms with Crippen LogP contribution in [0.15, 0.2) is 36.4 Å². The average molecular weight is 293 g/mol. The van der Waals surface area contributed by atoms with Crippen LogP contribution in [-0.2, 0) is 6.42 Å². The Bertz CT molecular complexity index is 653. The molecule has 2 rings (SSSR count). The van der Waals surface area contributed by atoms with Crippen LogP contribution < -0.4 is 4.74 Å². The van der Waals surface area contributed by atoms with E-state index >= 15 is 0 Å². The summed E-state index contributed by atoms with van der Waals surface area (Å²) < 4.78 is 18.4. The minimum absolute atomic E-state index is 0.100. The van der Waals surface area contributed by atoms with Gasteiger partial charge in [-0.05, 0) is 36.2 Å². The third-order valence-corrected chi connectivity index (χ3v) is 3.48. The maximum Gasteiger partial charge on any atom is 0.167 e. The minimum atomic E-state index is -0.472. The fourth-order valence-electron chi connectivity index (χ4n) is 1.87. The standard InChI is InChI=1S/C16H14ClFO2/c1-10-3-5-12(9-13(10)17)15(19)8-11-4-6-16(20-2)14(18)7-11/h3-7,9H,8H2,1-2H3. The molecule has 0 amide bonds. The third-order valence-electron chi connectivity index (χ3n) is 3.07. The van der Waals surface area contributed by atoms with Crippen LogP contribution in [0.2, 0.25) is 5.02 Å². The monoisotopic (exact) mass is 292 g/mol. The Morgan fingerprint density at radius 1 is 1.25 bits per heavy atom. The third kappa shape index (κ3) is 3.17. The Labute approximate surface area is 122 Å². The predicted molar refractivity (Wildman–Crippen MR) is 77.2 cm³/mol. The zero-order valence-corrected chi connectivity index (χ0v) is 12.0. The van der Waals surface area contributed by atoms with E-state index in [1.54, 1.807) is 24.3 Å². The molecule has 0 unspecified atom stereocenters. The number of hydrogen-bond acceptors (Lipinski definition) is 2. The van der Waals surface area contributed by atoms with Crippen LogP contribution in [0.5, 0.6) is 5.75 Å². The molecule has 2 aromatic rings. The van der Waals surface area contributed by atoms with E-state index < -0.39 is 5.82 Å². The van der Waals surface area contributed by atoms with E-state index in [1.165, 1.54) is 19.2 Å². The number of halogens is 2. The van der Waals surface area contributed by atoms with Crippen molar-refractivity contribution in [3.8, 4) is 5.75 Å². The van der Waals surface area contributed by atoms with E-state index in [0.717, 1.165) is 5.56 Å². The molecule has 0 saturated heterocycles. The lowest BCUT2D eigenvalue weighted by Gasteiger charge is -2.06. The normalized spacial score (nSPS) is 10.4. The van der Waals surface area contributed by atoms with Crippen molar-refractivity contribution in [3.63, 3.8) is 0 Å². The van der Waals surface area contributed by atoms with Crippen LogP contribution in [0.1, 0.15) is 21.5 Å². The fourth-order valence-corrected chi connectivity index (χ4v) is 2.05. The molecule has 0 N–H and O–H groups in total. The SMILES string of the molecule is COc1ccc(CC(=O)c2ccc(C)c(Cl)c2)cc1F. The maximum absolute atomic E-state index is 13.6. The highest BCUT2D eigenvalue weighted by molar-refractivity contribution is 6.31. The van der Waals surface area contributed by atoms with Gasteiger partial charge in [0.2, 0.25) is 0 Å². The molecule has 0 aromatic heterocycles. The molecular formula is C16H14ClFO2. The molecule has 0 fully saturated rings. The number of rotatable bonds is 4. The molecule has 0 aliphatic heterocycles. The first kappa shape index (κ1) is 14.5. The van der Waals surface area contributed by atoms with Gasteiger partial charge in [0.05, 0.1) is 7.11 Å². The zero-order valence-electron chi connectivity index (χ0n) is 11.2. The Kier molecular flexibility index (Phi) is 4.40. The lowest BCUT2D eigenvalue weighted by molar-refractivity contribution is 0.0993. The summed E-state index contributed by atoms with van der Waals surface area (Å²) in [7, 11) is 1.40. The van der Waals surface area contributed by atoms with Crippen LogP contribution in [-0.4, -0.2) is 12.9 Å². The first-order chi connectivity index (χ1) is 9.51. The van der Waals surface area contributed by atoms with Gasteiger partial charge in [-0.15, -0.1) is 0 Å². The van der Waals surface area contributed by atoms with Gasteiger partial charge in [-0.1, -0.05) is 29.8 Å². The van der Waals surface area contributed by atoms with Crippen LogP contribution >= 0.6 is 11.6 Å². The number of Topliss-reactive ketones (excluding diaryl/α,β-unsaturated/α-hetero) is 1. The Hall–Kier alpha value is -1.87. The van der Waals surface area contributed by atoms with Gasteiger partial charge in [0.25, 0.3) is 0 Å². The van der Waals surface area contributed by atoms with E-state index in [2.05, 4.69) is 0 Å². The van der Waals surface area contributed by atoms with Crippen molar-refractivity contribution in [2.75, 3.05) is 7.11 Å². The van der Waals surface area contributed by atoms with E-state index in [4.69, 9.17) is 16.3 Å². The second kappa shape index (κ2) is 6.06. The topological polar surface area (TPSA) is 26.3 Å². The van der Waals surface area contributed by atoms with Crippen molar-refractivity contribution in [1.29, 1.82) is 0 Å². The van der Waals surface area contributed by atoms with Crippen molar-refractivity contribution < 1.29 is 13.9 Å².